The molecule has 0 spiro atoms. The first-order chi connectivity index (χ1) is 8.70. The third kappa shape index (κ3) is 2.92. The molecule has 7 heteroatoms. The van der Waals surface area contributed by atoms with Crippen LogP contribution in [0.3, 0.4) is 0 Å². The van der Waals surface area contributed by atoms with Gasteiger partial charge in [-0.1, -0.05) is 18.3 Å². The van der Waals surface area contributed by atoms with Crippen LogP contribution in [0.1, 0.15) is 31.3 Å². The predicted molar refractivity (Wildman–Crippen MR) is 69.5 cm³/mol. The van der Waals surface area contributed by atoms with Gasteiger partial charge in [0, 0.05) is 18.8 Å². The van der Waals surface area contributed by atoms with Crippen molar-refractivity contribution >= 4 is 22.4 Å². The molecule has 2 heterocycles. The fourth-order valence-electron chi connectivity index (χ4n) is 1.46. The van der Waals surface area contributed by atoms with Gasteiger partial charge in [-0.3, -0.25) is 14.8 Å². The standard InChI is InChI=1S/C11H15N5OS/c1-3-5-9-14-15-11(18-9)13-10(17)8(2)16-7-4-6-12-16/h4,6-8H,3,5H2,1-2H3,(H,13,15,17). The smallest absolute Gasteiger partial charge is 0.250 e. The van der Waals surface area contributed by atoms with Gasteiger partial charge in [0.05, 0.1) is 0 Å². The molecule has 0 fully saturated rings. The van der Waals surface area contributed by atoms with Gasteiger partial charge in [-0.05, 0) is 19.4 Å². The number of hydrogen-bond donors (Lipinski definition) is 1. The van der Waals surface area contributed by atoms with Gasteiger partial charge in [-0.25, -0.2) is 0 Å². The summed E-state index contributed by atoms with van der Waals surface area (Å²) in [5.41, 5.74) is 0. The second-order valence-electron chi connectivity index (χ2n) is 3.90. The van der Waals surface area contributed by atoms with E-state index < -0.39 is 0 Å². The number of aryl methyl sites for hydroxylation is 1. The maximum atomic E-state index is 11.9. The van der Waals surface area contributed by atoms with Crippen LogP contribution in [-0.4, -0.2) is 25.9 Å². The fraction of sp³-hybridized carbons (Fsp3) is 0.455. The molecule has 1 atom stereocenters. The normalized spacial score (nSPS) is 12.3. The molecule has 2 aromatic rings. The minimum absolute atomic E-state index is 0.141. The Morgan fingerprint density at radius 3 is 3.06 bits per heavy atom. The summed E-state index contributed by atoms with van der Waals surface area (Å²) in [6, 6.07) is 1.42. The van der Waals surface area contributed by atoms with Crippen molar-refractivity contribution < 1.29 is 4.79 Å². The zero-order chi connectivity index (χ0) is 13.0. The molecule has 0 bridgehead atoms. The van der Waals surface area contributed by atoms with Gasteiger partial charge in [0.2, 0.25) is 5.13 Å². The Balaban J connectivity index is 1.98. The molecule has 0 aliphatic rings. The average Bonchev–Trinajstić information content (AvgIpc) is 3.00. The van der Waals surface area contributed by atoms with E-state index in [-0.39, 0.29) is 11.9 Å². The average molecular weight is 265 g/mol. The van der Waals surface area contributed by atoms with Crippen LogP contribution in [0, 0.1) is 0 Å². The third-order valence-electron chi connectivity index (χ3n) is 2.46. The first-order valence-corrected chi connectivity index (χ1v) is 6.64. The number of aromatic nitrogens is 4. The first kappa shape index (κ1) is 12.7. The number of carbonyl (C=O) groups excluding carboxylic acids is 1. The molecule has 0 aliphatic heterocycles. The number of amides is 1. The van der Waals surface area contributed by atoms with Crippen LogP contribution in [0.5, 0.6) is 0 Å². The summed E-state index contributed by atoms with van der Waals surface area (Å²) in [7, 11) is 0. The Bertz CT molecular complexity index is 507. The van der Waals surface area contributed by atoms with Gasteiger partial charge < -0.3 is 0 Å². The van der Waals surface area contributed by atoms with Crippen molar-refractivity contribution in [2.45, 2.75) is 32.7 Å². The SMILES string of the molecule is CCCc1nnc(NC(=O)C(C)n2cccn2)s1. The van der Waals surface area contributed by atoms with Crippen LogP contribution in [0.25, 0.3) is 0 Å². The molecule has 0 saturated carbocycles. The molecule has 0 aliphatic carbocycles. The monoisotopic (exact) mass is 265 g/mol. The summed E-state index contributed by atoms with van der Waals surface area (Å²) in [5, 5.41) is 16.2. The number of rotatable bonds is 5. The van der Waals surface area contributed by atoms with Gasteiger partial charge in [0.1, 0.15) is 11.0 Å². The number of hydrogen-bond acceptors (Lipinski definition) is 5. The topological polar surface area (TPSA) is 72.7 Å². The maximum absolute atomic E-state index is 11.9. The molecule has 6 nitrogen and oxygen atoms in total. The molecule has 0 saturated heterocycles. The molecular weight excluding hydrogens is 250 g/mol. The highest BCUT2D eigenvalue weighted by Gasteiger charge is 2.16. The summed E-state index contributed by atoms with van der Waals surface area (Å²) in [4.78, 5) is 11.9. The Kier molecular flexibility index (Phi) is 4.03. The first-order valence-electron chi connectivity index (χ1n) is 5.83. The minimum Gasteiger partial charge on any atom is -0.299 e. The van der Waals surface area contributed by atoms with Gasteiger partial charge in [-0.15, -0.1) is 10.2 Å². The number of nitrogens with zero attached hydrogens (tertiary/aromatic N) is 4. The highest BCUT2D eigenvalue weighted by atomic mass is 32.1. The van der Waals surface area contributed by atoms with Gasteiger partial charge in [0.25, 0.3) is 5.91 Å². The number of nitrogens with one attached hydrogen (secondary N) is 1. The van der Waals surface area contributed by atoms with Gasteiger partial charge in [0.15, 0.2) is 0 Å². The van der Waals surface area contributed by atoms with Crippen molar-refractivity contribution in [3.63, 3.8) is 0 Å². The van der Waals surface area contributed by atoms with Crippen LogP contribution in [0.4, 0.5) is 5.13 Å². The number of carbonyl (C=O) groups is 1. The molecule has 1 unspecified atom stereocenters. The van der Waals surface area contributed by atoms with Crippen molar-refractivity contribution in [3.8, 4) is 0 Å². The molecule has 0 aromatic carbocycles. The Hall–Kier alpha value is -1.76. The van der Waals surface area contributed by atoms with Crippen molar-refractivity contribution in [3.05, 3.63) is 23.5 Å². The lowest BCUT2D eigenvalue weighted by Gasteiger charge is -2.10. The zero-order valence-electron chi connectivity index (χ0n) is 10.3. The maximum Gasteiger partial charge on any atom is 0.250 e. The molecule has 18 heavy (non-hydrogen) atoms. The van der Waals surface area contributed by atoms with E-state index >= 15 is 0 Å². The van der Waals surface area contributed by atoms with Crippen molar-refractivity contribution in [1.29, 1.82) is 0 Å². The van der Waals surface area contributed by atoms with Gasteiger partial charge in [-0.2, -0.15) is 5.10 Å². The predicted octanol–water partition coefficient (Wildman–Crippen LogP) is 1.89. The molecule has 1 N–H and O–H groups in total. The molecule has 0 radical (unpaired) electrons. The molecule has 96 valence electrons. The van der Waals surface area contributed by atoms with Gasteiger partial charge >= 0.3 is 0 Å². The molecule has 2 rings (SSSR count). The van der Waals surface area contributed by atoms with E-state index in [0.29, 0.717) is 5.13 Å². The van der Waals surface area contributed by atoms with E-state index in [9.17, 15) is 4.79 Å². The Morgan fingerprint density at radius 1 is 1.56 bits per heavy atom. The van der Waals surface area contributed by atoms with Crippen molar-refractivity contribution in [2.75, 3.05) is 5.32 Å². The lowest BCUT2D eigenvalue weighted by molar-refractivity contribution is -0.119. The van der Waals surface area contributed by atoms with Crippen LogP contribution < -0.4 is 5.32 Å². The third-order valence-corrected chi connectivity index (χ3v) is 3.36. The Labute approximate surface area is 109 Å². The minimum atomic E-state index is -0.362. The second kappa shape index (κ2) is 5.72. The summed E-state index contributed by atoms with van der Waals surface area (Å²) in [5.74, 6) is -0.141. The Morgan fingerprint density at radius 2 is 2.39 bits per heavy atom. The van der Waals surface area contributed by atoms with E-state index in [0.717, 1.165) is 17.8 Å². The van der Waals surface area contributed by atoms with E-state index in [4.69, 9.17) is 0 Å². The van der Waals surface area contributed by atoms with E-state index in [1.807, 2.05) is 0 Å². The van der Waals surface area contributed by atoms with Crippen molar-refractivity contribution in [2.24, 2.45) is 0 Å². The molecule has 2 aromatic heterocycles. The quantitative estimate of drug-likeness (QED) is 0.896. The van der Waals surface area contributed by atoms with E-state index in [1.54, 1.807) is 30.1 Å². The summed E-state index contributed by atoms with van der Waals surface area (Å²) in [6.45, 7) is 3.87. The van der Waals surface area contributed by atoms with E-state index in [1.165, 1.54) is 11.3 Å². The highest BCUT2D eigenvalue weighted by Crippen LogP contribution is 2.18. The lowest BCUT2D eigenvalue weighted by Crippen LogP contribution is -2.23. The van der Waals surface area contributed by atoms with Crippen LogP contribution >= 0.6 is 11.3 Å². The summed E-state index contributed by atoms with van der Waals surface area (Å²) >= 11 is 1.42. The molecular formula is C11H15N5OS. The van der Waals surface area contributed by atoms with Crippen LogP contribution in [0.15, 0.2) is 18.5 Å². The largest absolute Gasteiger partial charge is 0.299 e. The van der Waals surface area contributed by atoms with E-state index in [2.05, 4.69) is 27.5 Å². The fourth-order valence-corrected chi connectivity index (χ4v) is 2.30. The lowest BCUT2D eigenvalue weighted by atomic mass is 10.3. The second-order valence-corrected chi connectivity index (χ2v) is 4.96. The van der Waals surface area contributed by atoms with Crippen LogP contribution in [-0.2, 0) is 11.2 Å². The summed E-state index contributed by atoms with van der Waals surface area (Å²) < 4.78 is 1.60. The van der Waals surface area contributed by atoms with Crippen molar-refractivity contribution in [1.82, 2.24) is 20.0 Å². The number of anilines is 1. The molecule has 1 amide bonds. The summed E-state index contributed by atoms with van der Waals surface area (Å²) in [6.07, 6.45) is 5.31. The van der Waals surface area contributed by atoms with Crippen LogP contribution in [0.2, 0.25) is 0 Å². The zero-order valence-corrected chi connectivity index (χ0v) is 11.1. The highest BCUT2D eigenvalue weighted by molar-refractivity contribution is 7.15.